The monoisotopic (exact) mass is 623 g/mol. The number of hydrogen-bond donors (Lipinski definition) is 0. The summed E-state index contributed by atoms with van der Waals surface area (Å²) < 4.78 is 78.2. The smallest absolute Gasteiger partial charge is 0.435 e. The quantitative estimate of drug-likeness (QED) is 0.183. The fraction of sp³-hybridized carbons (Fsp3) is 0.226. The van der Waals surface area contributed by atoms with Crippen LogP contribution in [0.5, 0.6) is 5.75 Å². The van der Waals surface area contributed by atoms with Crippen LogP contribution in [0, 0.1) is 0 Å². The molecule has 230 valence electrons. The number of halogens is 5. The second-order valence-electron chi connectivity index (χ2n) is 10.4. The summed E-state index contributed by atoms with van der Waals surface area (Å²) in [6, 6.07) is 17.3. The van der Waals surface area contributed by atoms with Crippen LogP contribution in [0.15, 0.2) is 66.7 Å². The summed E-state index contributed by atoms with van der Waals surface area (Å²) in [4.78, 5) is 34.7. The van der Waals surface area contributed by atoms with Gasteiger partial charge < -0.3 is 19.3 Å². The maximum absolute atomic E-state index is 14.2. The number of hydrogen-bond acceptors (Lipinski definition) is 6. The van der Waals surface area contributed by atoms with Crippen molar-refractivity contribution in [3.05, 3.63) is 83.7 Å². The number of aromatic nitrogens is 3. The van der Waals surface area contributed by atoms with Crippen LogP contribution in [-0.2, 0) is 22.1 Å². The summed E-state index contributed by atoms with van der Waals surface area (Å²) >= 11 is 0. The van der Waals surface area contributed by atoms with E-state index in [4.69, 9.17) is 9.72 Å². The summed E-state index contributed by atoms with van der Waals surface area (Å²) in [5.74, 6) is -1.20. The number of fused-ring (bicyclic) bond motifs is 3. The first-order valence-electron chi connectivity index (χ1n) is 13.9. The molecule has 45 heavy (non-hydrogen) atoms. The van der Waals surface area contributed by atoms with Gasteiger partial charge in [0.25, 0.3) is 11.8 Å². The highest BCUT2D eigenvalue weighted by Gasteiger charge is 2.43. The van der Waals surface area contributed by atoms with Crippen molar-refractivity contribution in [1.82, 2.24) is 14.8 Å². The van der Waals surface area contributed by atoms with E-state index in [0.717, 1.165) is 22.2 Å². The molecule has 5 aromatic rings. The molecule has 3 aromatic carbocycles. The van der Waals surface area contributed by atoms with E-state index in [0.29, 0.717) is 40.9 Å². The van der Waals surface area contributed by atoms with Crippen molar-refractivity contribution < 1.29 is 41.0 Å². The van der Waals surface area contributed by atoms with E-state index in [2.05, 4.69) is 9.84 Å². The Hall–Kier alpha value is -5.11. The average molecular weight is 624 g/mol. The lowest BCUT2D eigenvalue weighted by atomic mass is 10.0. The molecule has 2 aliphatic heterocycles. The zero-order valence-corrected chi connectivity index (χ0v) is 23.2. The third-order valence-electron chi connectivity index (χ3n) is 7.80. The third-order valence-corrected chi connectivity index (χ3v) is 7.80. The first-order valence-corrected chi connectivity index (χ1v) is 13.9. The van der Waals surface area contributed by atoms with E-state index in [9.17, 15) is 31.5 Å². The van der Waals surface area contributed by atoms with Crippen molar-refractivity contribution in [3.8, 4) is 11.4 Å². The maximum atomic E-state index is 14.2. The van der Waals surface area contributed by atoms with Gasteiger partial charge in [0.2, 0.25) is 0 Å². The first-order chi connectivity index (χ1) is 21.6. The maximum Gasteiger partial charge on any atom is 0.435 e. The zero-order chi connectivity index (χ0) is 31.5. The molecule has 1 fully saturated rings. The molecule has 7 rings (SSSR count). The second-order valence-corrected chi connectivity index (χ2v) is 10.4. The lowest BCUT2D eigenvalue weighted by Gasteiger charge is -2.31. The van der Waals surface area contributed by atoms with Gasteiger partial charge in [0, 0.05) is 29.4 Å². The predicted molar refractivity (Wildman–Crippen MR) is 153 cm³/mol. The number of amides is 2. The van der Waals surface area contributed by atoms with Crippen LogP contribution < -0.4 is 14.5 Å². The molecule has 0 bridgehead atoms. The van der Waals surface area contributed by atoms with Crippen molar-refractivity contribution >= 4 is 45.0 Å². The van der Waals surface area contributed by atoms with Crippen LogP contribution in [0.25, 0.3) is 27.5 Å². The number of rotatable bonds is 5. The number of alkyl halides is 5. The number of benzene rings is 3. The molecular weight excluding hydrogens is 601 g/mol. The van der Waals surface area contributed by atoms with Crippen LogP contribution in [-0.4, -0.2) is 59.5 Å². The highest BCUT2D eigenvalue weighted by molar-refractivity contribution is 6.15. The Kier molecular flexibility index (Phi) is 6.88. The molecule has 2 aromatic heterocycles. The molecule has 0 saturated carbocycles. The topological polar surface area (TPSA) is 89.8 Å². The minimum absolute atomic E-state index is 0.0497. The third kappa shape index (κ3) is 5.00. The fourth-order valence-electron chi connectivity index (χ4n) is 5.83. The lowest BCUT2D eigenvalue weighted by molar-refractivity contribution is -0.142. The van der Waals surface area contributed by atoms with Crippen molar-refractivity contribution in [1.29, 1.82) is 0 Å². The Morgan fingerprint density at radius 2 is 1.67 bits per heavy atom. The van der Waals surface area contributed by atoms with Gasteiger partial charge in [-0.2, -0.15) is 27.1 Å². The SMILES string of the molecule is O=C1COCCN1c1ccc(N2CCc3c(C(F)(F)F)nn(-c4ccc(OC(F)F)cc4)c3C2=O)c2nc3ccccc3cc12. The van der Waals surface area contributed by atoms with Gasteiger partial charge in [-0.15, -0.1) is 0 Å². The van der Waals surface area contributed by atoms with E-state index in [1.54, 1.807) is 23.1 Å². The van der Waals surface area contributed by atoms with Gasteiger partial charge >= 0.3 is 12.8 Å². The number of pyridine rings is 1. The van der Waals surface area contributed by atoms with Gasteiger partial charge in [-0.05, 0) is 55.0 Å². The zero-order valence-electron chi connectivity index (χ0n) is 23.2. The highest BCUT2D eigenvalue weighted by Crippen LogP contribution is 2.40. The van der Waals surface area contributed by atoms with Crippen LogP contribution in [0.1, 0.15) is 21.7 Å². The van der Waals surface area contributed by atoms with Crippen LogP contribution in [0.3, 0.4) is 0 Å². The minimum atomic E-state index is -4.85. The van der Waals surface area contributed by atoms with Gasteiger partial charge in [0.1, 0.15) is 18.1 Å². The number of para-hydroxylation sites is 1. The second kappa shape index (κ2) is 10.8. The number of ether oxygens (including phenoxy) is 2. The van der Waals surface area contributed by atoms with E-state index in [-0.39, 0.29) is 48.2 Å². The van der Waals surface area contributed by atoms with E-state index < -0.39 is 24.4 Å². The molecule has 0 spiro atoms. The number of carbonyl (C=O) groups excluding carboxylic acids is 2. The predicted octanol–water partition coefficient (Wildman–Crippen LogP) is 5.76. The lowest BCUT2D eigenvalue weighted by Crippen LogP contribution is -2.42. The Morgan fingerprint density at radius 1 is 0.911 bits per heavy atom. The Bertz CT molecular complexity index is 1980. The molecule has 14 heteroatoms. The summed E-state index contributed by atoms with van der Waals surface area (Å²) in [5, 5.41) is 5.15. The Balaban J connectivity index is 1.38. The van der Waals surface area contributed by atoms with Gasteiger partial charge in [-0.1, -0.05) is 18.2 Å². The molecule has 0 atom stereocenters. The van der Waals surface area contributed by atoms with E-state index in [1.807, 2.05) is 24.3 Å². The molecule has 2 aliphatic rings. The van der Waals surface area contributed by atoms with Crippen LogP contribution in [0.2, 0.25) is 0 Å². The minimum Gasteiger partial charge on any atom is -0.435 e. The Morgan fingerprint density at radius 3 is 2.40 bits per heavy atom. The van der Waals surface area contributed by atoms with Gasteiger partial charge in [0.15, 0.2) is 5.69 Å². The van der Waals surface area contributed by atoms with Crippen molar-refractivity contribution in [3.63, 3.8) is 0 Å². The van der Waals surface area contributed by atoms with Crippen LogP contribution in [0.4, 0.5) is 33.3 Å². The normalized spacial score (nSPS) is 15.8. The molecule has 1 saturated heterocycles. The molecule has 0 unspecified atom stereocenters. The summed E-state index contributed by atoms with van der Waals surface area (Å²) in [6.07, 6.45) is -5.02. The van der Waals surface area contributed by atoms with Gasteiger partial charge in [-0.3, -0.25) is 9.59 Å². The van der Waals surface area contributed by atoms with E-state index in [1.165, 1.54) is 17.0 Å². The molecule has 0 N–H and O–H groups in total. The van der Waals surface area contributed by atoms with Crippen molar-refractivity contribution in [2.24, 2.45) is 0 Å². The molecular formula is C31H22F5N5O4. The Labute approximate surface area is 251 Å². The van der Waals surface area contributed by atoms with E-state index >= 15 is 0 Å². The average Bonchev–Trinajstić information content (AvgIpc) is 3.42. The first kappa shape index (κ1) is 28.6. The number of carbonyl (C=O) groups is 2. The highest BCUT2D eigenvalue weighted by atomic mass is 19.4. The summed E-state index contributed by atoms with van der Waals surface area (Å²) in [5.41, 5.74) is 0.198. The molecule has 2 amide bonds. The molecule has 0 radical (unpaired) electrons. The molecule has 0 aliphatic carbocycles. The standard InChI is InChI=1S/C31H22F5N5O4/c32-30(33)45-19-7-5-18(6-8-19)41-27-20(28(38-41)31(34,35)36)11-12-40(29(27)43)24-10-9-23(39-13-14-44-16-25(39)42)21-15-17-3-1-2-4-22(17)37-26(21)24/h1-10,15,30H,11-14,16H2. The number of anilines is 2. The number of nitrogens with zero attached hydrogens (tertiary/aromatic N) is 5. The molecule has 9 nitrogen and oxygen atoms in total. The van der Waals surface area contributed by atoms with Crippen molar-refractivity contribution in [2.45, 2.75) is 19.2 Å². The summed E-state index contributed by atoms with van der Waals surface area (Å²) in [7, 11) is 0. The molecule has 4 heterocycles. The largest absolute Gasteiger partial charge is 0.435 e. The van der Waals surface area contributed by atoms with Gasteiger partial charge in [0.05, 0.1) is 34.7 Å². The van der Waals surface area contributed by atoms with Crippen LogP contribution >= 0.6 is 0 Å². The van der Waals surface area contributed by atoms with Crippen molar-refractivity contribution in [2.75, 3.05) is 36.1 Å². The fourth-order valence-corrected chi connectivity index (χ4v) is 5.83. The number of morpholine rings is 1. The van der Waals surface area contributed by atoms with Gasteiger partial charge in [-0.25, -0.2) is 9.67 Å². The summed E-state index contributed by atoms with van der Waals surface area (Å²) in [6.45, 7) is -2.62.